The van der Waals surface area contributed by atoms with E-state index < -0.39 is 12.1 Å². The summed E-state index contributed by atoms with van der Waals surface area (Å²) in [5, 5.41) is 8.67. The van der Waals surface area contributed by atoms with E-state index in [9.17, 15) is 9.59 Å². The zero-order chi connectivity index (χ0) is 13.4. The van der Waals surface area contributed by atoms with E-state index in [0.29, 0.717) is 32.9 Å². The van der Waals surface area contributed by atoms with Gasteiger partial charge in [0.05, 0.1) is 32.3 Å². The fourth-order valence-corrected chi connectivity index (χ4v) is 1.66. The molecule has 0 aromatic rings. The number of hydrogen-bond acceptors (Lipinski definition) is 5. The first kappa shape index (κ1) is 14.9. The first-order chi connectivity index (χ1) is 8.63. The highest BCUT2D eigenvalue weighted by Gasteiger charge is 2.25. The molecular weight excluding hydrogens is 242 g/mol. The summed E-state index contributed by atoms with van der Waals surface area (Å²) in [6.45, 7) is 1.94. The predicted octanol–water partition coefficient (Wildman–Crippen LogP) is -0.648. The predicted molar refractivity (Wildman–Crippen MR) is 61.3 cm³/mol. The topological polar surface area (TPSA) is 85.3 Å². The quantitative estimate of drug-likeness (QED) is 0.613. The van der Waals surface area contributed by atoms with Crippen molar-refractivity contribution in [3.63, 3.8) is 0 Å². The summed E-state index contributed by atoms with van der Waals surface area (Å²) < 4.78 is 15.2. The Morgan fingerprint density at radius 3 is 2.89 bits per heavy atom. The van der Waals surface area contributed by atoms with Crippen LogP contribution in [0.1, 0.15) is 6.42 Å². The fraction of sp³-hybridized carbons (Fsp3) is 0.818. The number of carbonyl (C=O) groups is 2. The molecule has 1 saturated heterocycles. The largest absolute Gasteiger partial charge is 0.481 e. The normalized spacial score (nSPS) is 19.8. The first-order valence-electron chi connectivity index (χ1n) is 5.81. The Bertz CT molecular complexity index is 283. The number of hydrogen-bond donors (Lipinski definition) is 1. The minimum absolute atomic E-state index is 0.0108. The standard InChI is InChI=1S/C11H19NO6/c1-16-4-5-17-8-10(13)12-2-3-18-9(7-12)6-11(14)15/h9H,2-8H2,1H3,(H,14,15). The number of methoxy groups -OCH3 is 1. The lowest BCUT2D eigenvalue weighted by molar-refractivity contribution is -0.150. The number of carbonyl (C=O) groups excluding carboxylic acids is 1. The SMILES string of the molecule is COCCOCC(=O)N1CCOC(CC(=O)O)C1. The van der Waals surface area contributed by atoms with Gasteiger partial charge in [0, 0.05) is 20.2 Å². The van der Waals surface area contributed by atoms with Gasteiger partial charge in [0.25, 0.3) is 0 Å². The highest BCUT2D eigenvalue weighted by molar-refractivity contribution is 5.77. The third-order valence-corrected chi connectivity index (χ3v) is 2.55. The molecule has 1 amide bonds. The van der Waals surface area contributed by atoms with E-state index >= 15 is 0 Å². The van der Waals surface area contributed by atoms with E-state index in [4.69, 9.17) is 19.3 Å². The van der Waals surface area contributed by atoms with Crippen LogP contribution >= 0.6 is 0 Å². The minimum Gasteiger partial charge on any atom is -0.481 e. The Labute approximate surface area is 106 Å². The van der Waals surface area contributed by atoms with E-state index in [-0.39, 0.29) is 18.9 Å². The van der Waals surface area contributed by atoms with Gasteiger partial charge in [-0.2, -0.15) is 0 Å². The molecule has 1 unspecified atom stereocenters. The lowest BCUT2D eigenvalue weighted by Gasteiger charge is -2.32. The first-order valence-corrected chi connectivity index (χ1v) is 5.81. The molecule has 1 aliphatic rings. The van der Waals surface area contributed by atoms with Crippen LogP contribution in [-0.4, -0.2) is 74.6 Å². The number of carboxylic acid groups (broad SMARTS) is 1. The summed E-state index contributed by atoms with van der Waals surface area (Å²) >= 11 is 0. The van der Waals surface area contributed by atoms with Gasteiger partial charge < -0.3 is 24.2 Å². The molecule has 1 heterocycles. The number of aliphatic carboxylic acids is 1. The molecule has 1 aliphatic heterocycles. The van der Waals surface area contributed by atoms with E-state index in [2.05, 4.69) is 0 Å². The number of morpholine rings is 1. The van der Waals surface area contributed by atoms with Crippen LogP contribution in [0.25, 0.3) is 0 Å². The van der Waals surface area contributed by atoms with E-state index in [1.54, 1.807) is 12.0 Å². The van der Waals surface area contributed by atoms with Crippen LogP contribution in [0.3, 0.4) is 0 Å². The molecule has 0 aromatic carbocycles. The van der Waals surface area contributed by atoms with Gasteiger partial charge in [-0.05, 0) is 0 Å². The Morgan fingerprint density at radius 1 is 1.44 bits per heavy atom. The van der Waals surface area contributed by atoms with Crippen molar-refractivity contribution in [2.75, 3.05) is 46.6 Å². The van der Waals surface area contributed by atoms with Gasteiger partial charge in [-0.3, -0.25) is 9.59 Å². The van der Waals surface area contributed by atoms with Crippen LogP contribution in [0.2, 0.25) is 0 Å². The molecule has 18 heavy (non-hydrogen) atoms. The lowest BCUT2D eigenvalue weighted by Crippen LogP contribution is -2.47. The zero-order valence-corrected chi connectivity index (χ0v) is 10.5. The van der Waals surface area contributed by atoms with Gasteiger partial charge in [-0.15, -0.1) is 0 Å². The molecule has 0 aromatic heterocycles. The molecular formula is C11H19NO6. The van der Waals surface area contributed by atoms with Gasteiger partial charge in [0.15, 0.2) is 0 Å². The molecule has 104 valence electrons. The van der Waals surface area contributed by atoms with Crippen molar-refractivity contribution in [1.29, 1.82) is 0 Å². The van der Waals surface area contributed by atoms with E-state index in [1.807, 2.05) is 0 Å². The summed E-state index contributed by atoms with van der Waals surface area (Å²) in [4.78, 5) is 23.9. The smallest absolute Gasteiger partial charge is 0.306 e. The monoisotopic (exact) mass is 261 g/mol. The van der Waals surface area contributed by atoms with Gasteiger partial charge in [-0.1, -0.05) is 0 Å². The number of ether oxygens (including phenoxy) is 3. The third kappa shape index (κ3) is 5.44. The maximum Gasteiger partial charge on any atom is 0.306 e. The van der Waals surface area contributed by atoms with Gasteiger partial charge in [0.1, 0.15) is 6.61 Å². The Morgan fingerprint density at radius 2 is 2.22 bits per heavy atom. The molecule has 0 saturated carbocycles. The molecule has 1 N–H and O–H groups in total. The van der Waals surface area contributed by atoms with Crippen LogP contribution in [-0.2, 0) is 23.8 Å². The number of nitrogens with zero attached hydrogens (tertiary/aromatic N) is 1. The summed E-state index contributed by atoms with van der Waals surface area (Å²) in [7, 11) is 1.56. The maximum atomic E-state index is 11.7. The average molecular weight is 261 g/mol. The van der Waals surface area contributed by atoms with Crippen LogP contribution in [0.5, 0.6) is 0 Å². The maximum absolute atomic E-state index is 11.7. The highest BCUT2D eigenvalue weighted by Crippen LogP contribution is 2.09. The fourth-order valence-electron chi connectivity index (χ4n) is 1.66. The van der Waals surface area contributed by atoms with Gasteiger partial charge in [-0.25, -0.2) is 0 Å². The summed E-state index contributed by atoms with van der Waals surface area (Å²) in [5.41, 5.74) is 0. The molecule has 1 rings (SSSR count). The molecule has 0 aliphatic carbocycles. The average Bonchev–Trinajstić information content (AvgIpc) is 2.34. The molecule has 7 nitrogen and oxygen atoms in total. The van der Waals surface area contributed by atoms with E-state index in [1.165, 1.54) is 0 Å². The lowest BCUT2D eigenvalue weighted by atomic mass is 10.2. The summed E-state index contributed by atoms with van der Waals surface area (Å²) in [5.74, 6) is -1.07. The van der Waals surface area contributed by atoms with Crippen molar-refractivity contribution >= 4 is 11.9 Å². The van der Waals surface area contributed by atoms with Crippen LogP contribution < -0.4 is 0 Å². The third-order valence-electron chi connectivity index (χ3n) is 2.55. The minimum atomic E-state index is -0.925. The van der Waals surface area contributed by atoms with E-state index in [0.717, 1.165) is 0 Å². The molecule has 1 atom stereocenters. The van der Waals surface area contributed by atoms with Crippen molar-refractivity contribution < 1.29 is 28.9 Å². The molecule has 7 heteroatoms. The molecule has 0 spiro atoms. The second kappa shape index (κ2) is 8.02. The van der Waals surface area contributed by atoms with Gasteiger partial charge in [0.2, 0.25) is 5.91 Å². The van der Waals surface area contributed by atoms with Crippen molar-refractivity contribution in [3.05, 3.63) is 0 Å². The summed E-state index contributed by atoms with van der Waals surface area (Å²) in [6, 6.07) is 0. The van der Waals surface area contributed by atoms with Crippen LogP contribution in [0, 0.1) is 0 Å². The second-order valence-corrected chi connectivity index (χ2v) is 3.98. The second-order valence-electron chi connectivity index (χ2n) is 3.98. The van der Waals surface area contributed by atoms with Crippen LogP contribution in [0.4, 0.5) is 0 Å². The molecule has 1 fully saturated rings. The molecule has 0 radical (unpaired) electrons. The number of rotatable bonds is 7. The van der Waals surface area contributed by atoms with Crippen molar-refractivity contribution in [2.24, 2.45) is 0 Å². The zero-order valence-electron chi connectivity index (χ0n) is 10.5. The number of amides is 1. The number of carboxylic acids is 1. The van der Waals surface area contributed by atoms with Crippen molar-refractivity contribution in [1.82, 2.24) is 4.90 Å². The van der Waals surface area contributed by atoms with Crippen molar-refractivity contribution in [2.45, 2.75) is 12.5 Å². The Hall–Kier alpha value is -1.18. The summed E-state index contributed by atoms with van der Waals surface area (Å²) in [6.07, 6.45) is -0.520. The van der Waals surface area contributed by atoms with Crippen molar-refractivity contribution in [3.8, 4) is 0 Å². The molecule has 0 bridgehead atoms. The highest BCUT2D eigenvalue weighted by atomic mass is 16.5. The Kier molecular flexibility index (Phi) is 6.63. The van der Waals surface area contributed by atoms with Crippen LogP contribution in [0.15, 0.2) is 0 Å². The van der Waals surface area contributed by atoms with Gasteiger partial charge >= 0.3 is 5.97 Å². The Balaban J connectivity index is 2.27.